The van der Waals surface area contributed by atoms with Gasteiger partial charge in [0.2, 0.25) is 0 Å². The minimum absolute atomic E-state index is 0.216. The van der Waals surface area contributed by atoms with Gasteiger partial charge >= 0.3 is 0 Å². The Morgan fingerprint density at radius 3 is 2.60 bits per heavy atom. The fourth-order valence-electron chi connectivity index (χ4n) is 2.31. The molecular formula is C14H23N5O. The third-order valence-electron chi connectivity index (χ3n) is 4.01. The Balaban J connectivity index is 1.89. The van der Waals surface area contributed by atoms with Gasteiger partial charge in [-0.1, -0.05) is 6.92 Å². The summed E-state index contributed by atoms with van der Waals surface area (Å²) in [6.07, 6.45) is 2.36. The van der Waals surface area contributed by atoms with Crippen molar-refractivity contribution in [1.29, 1.82) is 0 Å². The summed E-state index contributed by atoms with van der Waals surface area (Å²) < 4.78 is 0. The molecule has 0 spiro atoms. The first kappa shape index (κ1) is 14.7. The van der Waals surface area contributed by atoms with Gasteiger partial charge in [-0.2, -0.15) is 0 Å². The number of amides is 1. The number of likely N-dealkylation sites (tertiary alicyclic amines) is 1. The summed E-state index contributed by atoms with van der Waals surface area (Å²) in [5.41, 5.74) is 0.636. The Hall–Kier alpha value is -1.69. The number of carbonyl (C=O) groups is 1. The first-order valence-corrected chi connectivity index (χ1v) is 7.01. The van der Waals surface area contributed by atoms with Crippen molar-refractivity contribution in [3.05, 3.63) is 17.8 Å². The quantitative estimate of drug-likeness (QED) is 0.858. The van der Waals surface area contributed by atoms with Gasteiger partial charge < -0.3 is 15.5 Å². The molecule has 0 aromatic carbocycles. The maximum absolute atomic E-state index is 11.4. The molecule has 1 fully saturated rings. The van der Waals surface area contributed by atoms with Gasteiger partial charge in [-0.25, -0.2) is 0 Å². The average Bonchev–Trinajstić information content (AvgIpc) is 2.48. The van der Waals surface area contributed by atoms with E-state index in [4.69, 9.17) is 0 Å². The molecule has 0 radical (unpaired) electrons. The van der Waals surface area contributed by atoms with Gasteiger partial charge in [0.15, 0.2) is 5.69 Å². The van der Waals surface area contributed by atoms with Crippen LogP contribution in [0.15, 0.2) is 12.1 Å². The van der Waals surface area contributed by atoms with E-state index in [9.17, 15) is 4.79 Å². The number of hydrogen-bond acceptors (Lipinski definition) is 5. The molecule has 2 N–H and O–H groups in total. The third kappa shape index (κ3) is 3.66. The highest BCUT2D eigenvalue weighted by molar-refractivity contribution is 5.91. The lowest BCUT2D eigenvalue weighted by Gasteiger charge is -2.38. The summed E-state index contributed by atoms with van der Waals surface area (Å²) >= 11 is 0. The fourth-order valence-corrected chi connectivity index (χ4v) is 2.31. The lowest BCUT2D eigenvalue weighted by Crippen LogP contribution is -2.40. The van der Waals surface area contributed by atoms with Crippen LogP contribution in [0, 0.1) is 5.41 Å². The predicted molar refractivity (Wildman–Crippen MR) is 78.7 cm³/mol. The van der Waals surface area contributed by atoms with Crippen molar-refractivity contribution in [3.63, 3.8) is 0 Å². The Morgan fingerprint density at radius 1 is 1.35 bits per heavy atom. The molecule has 1 aromatic rings. The second kappa shape index (κ2) is 6.17. The van der Waals surface area contributed by atoms with E-state index in [1.165, 1.54) is 12.8 Å². The first-order valence-electron chi connectivity index (χ1n) is 7.01. The number of anilines is 1. The number of rotatable bonds is 4. The van der Waals surface area contributed by atoms with Crippen LogP contribution in [-0.2, 0) is 0 Å². The lowest BCUT2D eigenvalue weighted by molar-refractivity contribution is 0.0957. The zero-order chi connectivity index (χ0) is 14.6. The van der Waals surface area contributed by atoms with Crippen LogP contribution >= 0.6 is 0 Å². The van der Waals surface area contributed by atoms with E-state index in [2.05, 4.69) is 39.7 Å². The molecule has 6 nitrogen and oxygen atoms in total. The number of nitrogens with one attached hydrogen (secondary N) is 2. The standard InChI is InChI=1S/C14H23N5O/c1-14(6-8-19(3)9-7-14)10-16-12-5-4-11(17-18-12)13(20)15-2/h4-5H,6-10H2,1-3H3,(H,15,20)(H,16,18). The number of carbonyl (C=O) groups excluding carboxylic acids is 1. The molecule has 0 saturated carbocycles. The molecule has 110 valence electrons. The van der Waals surface area contributed by atoms with E-state index in [-0.39, 0.29) is 5.91 Å². The van der Waals surface area contributed by atoms with Crippen LogP contribution < -0.4 is 10.6 Å². The monoisotopic (exact) mass is 277 g/mol. The smallest absolute Gasteiger partial charge is 0.271 e. The first-order chi connectivity index (χ1) is 9.52. The third-order valence-corrected chi connectivity index (χ3v) is 4.01. The summed E-state index contributed by atoms with van der Waals surface area (Å²) in [6, 6.07) is 3.49. The second-order valence-electron chi connectivity index (χ2n) is 5.85. The molecule has 2 rings (SSSR count). The summed E-state index contributed by atoms with van der Waals surface area (Å²) in [5, 5.41) is 13.8. The van der Waals surface area contributed by atoms with E-state index in [0.29, 0.717) is 11.1 Å². The summed E-state index contributed by atoms with van der Waals surface area (Å²) in [4.78, 5) is 13.7. The van der Waals surface area contributed by atoms with Crippen molar-refractivity contribution in [2.24, 2.45) is 5.41 Å². The predicted octanol–water partition coefficient (Wildman–Crippen LogP) is 0.980. The maximum atomic E-state index is 11.4. The Morgan fingerprint density at radius 2 is 2.05 bits per heavy atom. The summed E-state index contributed by atoms with van der Waals surface area (Å²) in [7, 11) is 3.74. The van der Waals surface area contributed by atoms with Crippen molar-refractivity contribution in [3.8, 4) is 0 Å². The van der Waals surface area contributed by atoms with Gasteiger partial charge in [-0.05, 0) is 50.5 Å². The highest BCUT2D eigenvalue weighted by atomic mass is 16.1. The molecule has 6 heteroatoms. The molecule has 2 heterocycles. The maximum Gasteiger partial charge on any atom is 0.271 e. The molecule has 0 unspecified atom stereocenters. The summed E-state index contributed by atoms with van der Waals surface area (Å²) in [6.45, 7) is 5.47. The van der Waals surface area contributed by atoms with Crippen LogP contribution in [0.3, 0.4) is 0 Å². The van der Waals surface area contributed by atoms with Crippen LogP contribution in [0.4, 0.5) is 5.82 Å². The largest absolute Gasteiger partial charge is 0.368 e. The molecular weight excluding hydrogens is 254 g/mol. The van der Waals surface area contributed by atoms with Crippen molar-refractivity contribution in [2.45, 2.75) is 19.8 Å². The van der Waals surface area contributed by atoms with Crippen molar-refractivity contribution < 1.29 is 4.79 Å². The SMILES string of the molecule is CNC(=O)c1ccc(NCC2(C)CCN(C)CC2)nn1. The Labute approximate surface area is 120 Å². The van der Waals surface area contributed by atoms with Crippen molar-refractivity contribution in [1.82, 2.24) is 20.4 Å². The van der Waals surface area contributed by atoms with Gasteiger partial charge in [0.05, 0.1) is 0 Å². The van der Waals surface area contributed by atoms with Crippen LogP contribution in [0.2, 0.25) is 0 Å². The number of hydrogen-bond donors (Lipinski definition) is 2. The molecule has 1 aromatic heterocycles. The van der Waals surface area contributed by atoms with Gasteiger partial charge in [-0.3, -0.25) is 4.79 Å². The van der Waals surface area contributed by atoms with E-state index in [1.54, 1.807) is 19.2 Å². The zero-order valence-corrected chi connectivity index (χ0v) is 12.4. The normalized spacial score (nSPS) is 18.6. The van der Waals surface area contributed by atoms with Gasteiger partial charge in [0, 0.05) is 13.6 Å². The van der Waals surface area contributed by atoms with Crippen LogP contribution in [0.1, 0.15) is 30.3 Å². The van der Waals surface area contributed by atoms with E-state index >= 15 is 0 Å². The Kier molecular flexibility index (Phi) is 4.54. The van der Waals surface area contributed by atoms with Crippen LogP contribution in [0.25, 0.3) is 0 Å². The van der Waals surface area contributed by atoms with Gasteiger partial charge in [0.25, 0.3) is 5.91 Å². The molecule has 1 aliphatic rings. The number of piperidine rings is 1. The van der Waals surface area contributed by atoms with Crippen molar-refractivity contribution >= 4 is 11.7 Å². The Bertz CT molecular complexity index is 451. The number of aromatic nitrogens is 2. The van der Waals surface area contributed by atoms with Crippen LogP contribution in [-0.4, -0.2) is 54.7 Å². The van der Waals surface area contributed by atoms with Gasteiger partial charge in [-0.15, -0.1) is 10.2 Å². The molecule has 0 bridgehead atoms. The zero-order valence-electron chi connectivity index (χ0n) is 12.4. The molecule has 0 atom stereocenters. The van der Waals surface area contributed by atoms with Crippen molar-refractivity contribution in [2.75, 3.05) is 39.0 Å². The highest BCUT2D eigenvalue weighted by Gasteiger charge is 2.28. The van der Waals surface area contributed by atoms with E-state index < -0.39 is 0 Å². The molecule has 1 amide bonds. The van der Waals surface area contributed by atoms with Gasteiger partial charge in [0.1, 0.15) is 5.82 Å². The molecule has 1 saturated heterocycles. The molecule has 20 heavy (non-hydrogen) atoms. The highest BCUT2D eigenvalue weighted by Crippen LogP contribution is 2.30. The minimum atomic E-state index is -0.216. The average molecular weight is 277 g/mol. The summed E-state index contributed by atoms with van der Waals surface area (Å²) in [5.74, 6) is 0.504. The molecule has 1 aliphatic heterocycles. The van der Waals surface area contributed by atoms with E-state index in [0.717, 1.165) is 25.5 Å². The second-order valence-corrected chi connectivity index (χ2v) is 5.85. The number of nitrogens with zero attached hydrogens (tertiary/aromatic N) is 3. The van der Waals surface area contributed by atoms with E-state index in [1.807, 2.05) is 0 Å². The van der Waals surface area contributed by atoms with Crippen LogP contribution in [0.5, 0.6) is 0 Å². The minimum Gasteiger partial charge on any atom is -0.368 e. The fraction of sp³-hybridized carbons (Fsp3) is 0.643. The lowest BCUT2D eigenvalue weighted by atomic mass is 9.80. The topological polar surface area (TPSA) is 70.2 Å². The molecule has 0 aliphatic carbocycles.